The van der Waals surface area contributed by atoms with Crippen LogP contribution in [0, 0.1) is 10.1 Å². The van der Waals surface area contributed by atoms with Crippen molar-refractivity contribution in [3.63, 3.8) is 0 Å². The first-order valence-electron chi connectivity index (χ1n) is 5.97. The molecule has 0 saturated carbocycles. The van der Waals surface area contributed by atoms with Gasteiger partial charge in [-0.15, -0.1) is 0 Å². The first kappa shape index (κ1) is 13.5. The number of hydrogen-bond acceptors (Lipinski definition) is 7. The van der Waals surface area contributed by atoms with Gasteiger partial charge in [-0.2, -0.15) is 0 Å². The number of rotatable bonds is 4. The Morgan fingerprint density at radius 1 is 1.47 bits per heavy atom. The molecule has 0 radical (unpaired) electrons. The standard InChI is InChI=1S/C11H17N5O3/c12-6-7-4-5-10(19-7)15(14)8-2-1-3-9(11(8)13)16(17)18/h1-3,7,10H,4-6,12-14H2. The van der Waals surface area contributed by atoms with Crippen LogP contribution in [0.2, 0.25) is 0 Å². The van der Waals surface area contributed by atoms with E-state index in [-0.39, 0.29) is 23.7 Å². The molecular formula is C11H17N5O3. The molecule has 8 heteroatoms. The van der Waals surface area contributed by atoms with E-state index < -0.39 is 4.92 Å². The summed E-state index contributed by atoms with van der Waals surface area (Å²) in [6.07, 6.45) is 1.12. The van der Waals surface area contributed by atoms with Crippen molar-refractivity contribution in [1.82, 2.24) is 0 Å². The van der Waals surface area contributed by atoms with Gasteiger partial charge in [0.25, 0.3) is 5.69 Å². The number of hydrogen-bond donors (Lipinski definition) is 3. The van der Waals surface area contributed by atoms with Crippen molar-refractivity contribution in [1.29, 1.82) is 0 Å². The average molecular weight is 267 g/mol. The summed E-state index contributed by atoms with van der Waals surface area (Å²) in [5.74, 6) is 5.95. The summed E-state index contributed by atoms with van der Waals surface area (Å²) in [4.78, 5) is 10.3. The van der Waals surface area contributed by atoms with Crippen LogP contribution in [-0.4, -0.2) is 23.8 Å². The smallest absolute Gasteiger partial charge is 0.294 e. The van der Waals surface area contributed by atoms with Crippen LogP contribution in [0.5, 0.6) is 0 Å². The van der Waals surface area contributed by atoms with Gasteiger partial charge in [-0.25, -0.2) is 5.84 Å². The average Bonchev–Trinajstić information content (AvgIpc) is 2.86. The molecule has 6 N–H and O–H groups in total. The number of benzene rings is 1. The van der Waals surface area contributed by atoms with E-state index in [1.807, 2.05) is 0 Å². The van der Waals surface area contributed by atoms with Gasteiger partial charge in [0.15, 0.2) is 0 Å². The molecule has 19 heavy (non-hydrogen) atoms. The number of para-hydroxylation sites is 1. The maximum Gasteiger partial charge on any atom is 0.294 e. The number of nitrogen functional groups attached to an aromatic ring is 1. The summed E-state index contributed by atoms with van der Waals surface area (Å²) in [5.41, 5.74) is 11.6. The van der Waals surface area contributed by atoms with Gasteiger partial charge in [-0.05, 0) is 18.9 Å². The Balaban J connectivity index is 2.22. The second-order valence-electron chi connectivity index (χ2n) is 4.40. The van der Waals surface area contributed by atoms with E-state index in [2.05, 4.69) is 0 Å². The Morgan fingerprint density at radius 2 is 2.21 bits per heavy atom. The Morgan fingerprint density at radius 3 is 2.79 bits per heavy atom. The molecule has 104 valence electrons. The topological polar surface area (TPSA) is 134 Å². The van der Waals surface area contributed by atoms with Gasteiger partial charge in [-0.1, -0.05) is 6.07 Å². The molecule has 1 saturated heterocycles. The highest BCUT2D eigenvalue weighted by Crippen LogP contribution is 2.33. The van der Waals surface area contributed by atoms with Crippen LogP contribution in [0.25, 0.3) is 0 Å². The van der Waals surface area contributed by atoms with Gasteiger partial charge in [-0.3, -0.25) is 15.1 Å². The number of nitrogens with two attached hydrogens (primary N) is 3. The van der Waals surface area contributed by atoms with Crippen molar-refractivity contribution in [2.75, 3.05) is 17.3 Å². The van der Waals surface area contributed by atoms with Crippen LogP contribution < -0.4 is 22.3 Å². The molecule has 1 fully saturated rings. The molecule has 1 heterocycles. The number of nitrogens with zero attached hydrogens (tertiary/aromatic N) is 2. The minimum atomic E-state index is -0.537. The van der Waals surface area contributed by atoms with Crippen molar-refractivity contribution >= 4 is 17.1 Å². The molecule has 0 bridgehead atoms. The van der Waals surface area contributed by atoms with Gasteiger partial charge in [0, 0.05) is 12.6 Å². The van der Waals surface area contributed by atoms with E-state index in [1.54, 1.807) is 12.1 Å². The maximum absolute atomic E-state index is 10.8. The molecule has 1 aliphatic rings. The Bertz CT molecular complexity index is 481. The number of ether oxygens (including phenoxy) is 1. The molecule has 0 aliphatic carbocycles. The van der Waals surface area contributed by atoms with Crippen molar-refractivity contribution < 1.29 is 9.66 Å². The molecular weight excluding hydrogens is 250 g/mol. The summed E-state index contributed by atoms with van der Waals surface area (Å²) in [6.45, 7) is 0.425. The van der Waals surface area contributed by atoms with E-state index >= 15 is 0 Å². The number of anilines is 2. The minimum Gasteiger partial charge on any atom is -0.391 e. The molecule has 1 aromatic carbocycles. The highest BCUT2D eigenvalue weighted by Gasteiger charge is 2.30. The summed E-state index contributed by atoms with van der Waals surface area (Å²) >= 11 is 0. The van der Waals surface area contributed by atoms with Gasteiger partial charge < -0.3 is 16.2 Å². The summed E-state index contributed by atoms with van der Waals surface area (Å²) in [7, 11) is 0. The van der Waals surface area contributed by atoms with Gasteiger partial charge >= 0.3 is 0 Å². The van der Waals surface area contributed by atoms with Crippen molar-refractivity contribution in [3.8, 4) is 0 Å². The van der Waals surface area contributed by atoms with Crippen molar-refractivity contribution in [2.45, 2.75) is 25.2 Å². The minimum absolute atomic E-state index is 0.0315. The monoisotopic (exact) mass is 267 g/mol. The zero-order valence-corrected chi connectivity index (χ0v) is 10.4. The fourth-order valence-electron chi connectivity index (χ4n) is 2.15. The zero-order valence-electron chi connectivity index (χ0n) is 10.4. The predicted molar refractivity (Wildman–Crippen MR) is 71.1 cm³/mol. The third-order valence-corrected chi connectivity index (χ3v) is 3.19. The van der Waals surface area contributed by atoms with Crippen LogP contribution in [0.4, 0.5) is 17.1 Å². The fourth-order valence-corrected chi connectivity index (χ4v) is 2.15. The first-order valence-corrected chi connectivity index (χ1v) is 5.97. The molecule has 1 aliphatic heterocycles. The molecule has 2 atom stereocenters. The highest BCUT2D eigenvalue weighted by molar-refractivity contribution is 5.76. The largest absolute Gasteiger partial charge is 0.391 e. The predicted octanol–water partition coefficient (Wildman–Crippen LogP) is 0.321. The summed E-state index contributed by atoms with van der Waals surface area (Å²) in [6, 6.07) is 4.51. The van der Waals surface area contributed by atoms with E-state index in [4.69, 9.17) is 22.0 Å². The third-order valence-electron chi connectivity index (χ3n) is 3.19. The number of nitro groups is 1. The lowest BCUT2D eigenvalue weighted by Crippen LogP contribution is -2.42. The lowest BCUT2D eigenvalue weighted by atomic mass is 10.2. The zero-order chi connectivity index (χ0) is 14.0. The molecule has 2 unspecified atom stereocenters. The van der Waals surface area contributed by atoms with Crippen molar-refractivity contribution in [2.24, 2.45) is 11.6 Å². The van der Waals surface area contributed by atoms with E-state index in [0.717, 1.165) is 6.42 Å². The van der Waals surface area contributed by atoms with Gasteiger partial charge in [0.1, 0.15) is 11.9 Å². The fraction of sp³-hybridized carbons (Fsp3) is 0.455. The lowest BCUT2D eigenvalue weighted by molar-refractivity contribution is -0.383. The first-order chi connectivity index (χ1) is 9.04. The van der Waals surface area contributed by atoms with Crippen LogP contribution in [0.15, 0.2) is 18.2 Å². The molecule has 2 rings (SSSR count). The highest BCUT2D eigenvalue weighted by atomic mass is 16.6. The second-order valence-corrected chi connectivity index (χ2v) is 4.40. The van der Waals surface area contributed by atoms with E-state index in [0.29, 0.717) is 18.7 Å². The van der Waals surface area contributed by atoms with E-state index in [9.17, 15) is 10.1 Å². The third kappa shape index (κ3) is 2.60. The Labute approximate surface area is 110 Å². The van der Waals surface area contributed by atoms with E-state index in [1.165, 1.54) is 11.1 Å². The second kappa shape index (κ2) is 5.39. The molecule has 1 aromatic rings. The summed E-state index contributed by atoms with van der Waals surface area (Å²) in [5, 5.41) is 12.2. The molecule has 8 nitrogen and oxygen atoms in total. The van der Waals surface area contributed by atoms with Gasteiger partial charge in [0.2, 0.25) is 0 Å². The van der Waals surface area contributed by atoms with Crippen LogP contribution in [0.1, 0.15) is 12.8 Å². The van der Waals surface area contributed by atoms with Crippen LogP contribution in [-0.2, 0) is 4.74 Å². The number of nitro benzene ring substituents is 1. The Hall–Kier alpha value is -1.90. The van der Waals surface area contributed by atoms with Crippen molar-refractivity contribution in [3.05, 3.63) is 28.3 Å². The maximum atomic E-state index is 10.8. The quantitative estimate of drug-likeness (QED) is 0.309. The SMILES string of the molecule is NCC1CCC(N(N)c2cccc([N+](=O)[O-])c2N)O1. The molecule has 0 spiro atoms. The lowest BCUT2D eigenvalue weighted by Gasteiger charge is -2.26. The molecule has 0 amide bonds. The molecule has 0 aromatic heterocycles. The number of hydrazine groups is 1. The Kier molecular flexibility index (Phi) is 3.84. The van der Waals surface area contributed by atoms with Crippen LogP contribution in [0.3, 0.4) is 0 Å². The summed E-state index contributed by atoms with van der Waals surface area (Å²) < 4.78 is 5.63. The van der Waals surface area contributed by atoms with Crippen LogP contribution >= 0.6 is 0 Å². The normalized spacial score (nSPS) is 22.4. The van der Waals surface area contributed by atoms with Gasteiger partial charge in [0.05, 0.1) is 16.7 Å².